The van der Waals surface area contributed by atoms with Crippen LogP contribution >= 0.6 is 11.6 Å². The normalized spacial score (nSPS) is 18.1. The van der Waals surface area contributed by atoms with Crippen molar-refractivity contribution in [1.82, 2.24) is 19.8 Å². The second-order valence-electron chi connectivity index (χ2n) is 8.18. The van der Waals surface area contributed by atoms with Crippen LogP contribution in [0.1, 0.15) is 30.9 Å². The number of nitrogens with zero attached hydrogens (tertiary/aromatic N) is 6. The molecule has 3 heterocycles. The summed E-state index contributed by atoms with van der Waals surface area (Å²) in [7, 11) is 0. The highest BCUT2D eigenvalue weighted by Crippen LogP contribution is 2.29. The number of nitriles is 1. The fourth-order valence-electron chi connectivity index (χ4n) is 4.05. The van der Waals surface area contributed by atoms with Gasteiger partial charge in [0.2, 0.25) is 5.95 Å². The van der Waals surface area contributed by atoms with Crippen LogP contribution in [-0.2, 0) is 13.0 Å². The van der Waals surface area contributed by atoms with Crippen LogP contribution in [0.4, 0.5) is 5.95 Å². The molecule has 0 saturated carbocycles. The van der Waals surface area contributed by atoms with Gasteiger partial charge in [0.15, 0.2) is 6.19 Å². The van der Waals surface area contributed by atoms with Gasteiger partial charge in [-0.25, -0.2) is 9.97 Å². The molecule has 2 aromatic rings. The molecule has 0 N–H and O–H groups in total. The van der Waals surface area contributed by atoms with E-state index in [4.69, 9.17) is 21.6 Å². The Kier molecular flexibility index (Phi) is 7.10. The number of ether oxygens (including phenoxy) is 1. The molecule has 2 fully saturated rings. The second kappa shape index (κ2) is 10.2. The number of piperidine rings is 1. The summed E-state index contributed by atoms with van der Waals surface area (Å²) in [5, 5.41) is 9.64. The number of benzene rings is 1. The SMILES string of the molecule is CCc1cnc(N2CCC(Oc3ccc(CN4CCN(C#N)CC4)cc3Cl)CC2)nc1. The van der Waals surface area contributed by atoms with Gasteiger partial charge in [-0.15, -0.1) is 0 Å². The average Bonchev–Trinajstić information content (AvgIpc) is 2.82. The van der Waals surface area contributed by atoms with Gasteiger partial charge in [0.25, 0.3) is 0 Å². The molecular formula is C23H29ClN6O. The standard InChI is InChI=1S/C23H29ClN6O/c1-2-18-14-26-23(27-15-18)30-7-5-20(6-8-30)31-22-4-3-19(13-21(22)24)16-28-9-11-29(17-25)12-10-28/h3-4,13-15,20H,2,5-12,16H2,1H3. The largest absolute Gasteiger partial charge is 0.489 e. The molecule has 0 bridgehead atoms. The molecule has 0 atom stereocenters. The number of anilines is 1. The third kappa shape index (κ3) is 5.57. The van der Waals surface area contributed by atoms with Crippen molar-refractivity contribution in [2.24, 2.45) is 0 Å². The number of rotatable bonds is 6. The Bertz CT molecular complexity index is 899. The van der Waals surface area contributed by atoms with Crippen molar-refractivity contribution in [2.75, 3.05) is 44.2 Å². The van der Waals surface area contributed by atoms with Crippen molar-refractivity contribution in [1.29, 1.82) is 5.26 Å². The molecule has 2 saturated heterocycles. The maximum absolute atomic E-state index is 8.98. The van der Waals surface area contributed by atoms with Gasteiger partial charge >= 0.3 is 0 Å². The highest BCUT2D eigenvalue weighted by Gasteiger charge is 2.23. The van der Waals surface area contributed by atoms with E-state index in [1.54, 1.807) is 4.90 Å². The second-order valence-corrected chi connectivity index (χ2v) is 8.58. The third-order valence-electron chi connectivity index (χ3n) is 6.03. The summed E-state index contributed by atoms with van der Waals surface area (Å²) in [4.78, 5) is 15.4. The van der Waals surface area contributed by atoms with Gasteiger partial charge in [0.1, 0.15) is 11.9 Å². The molecule has 0 amide bonds. The molecule has 0 radical (unpaired) electrons. The predicted octanol–water partition coefficient (Wildman–Crippen LogP) is 3.34. The smallest absolute Gasteiger partial charge is 0.225 e. The Hall–Kier alpha value is -2.56. The molecule has 1 aromatic heterocycles. The van der Waals surface area contributed by atoms with Crippen LogP contribution in [0.25, 0.3) is 0 Å². The lowest BCUT2D eigenvalue weighted by Crippen LogP contribution is -2.43. The summed E-state index contributed by atoms with van der Waals surface area (Å²) >= 11 is 6.54. The summed E-state index contributed by atoms with van der Waals surface area (Å²) < 4.78 is 6.22. The number of hydrogen-bond acceptors (Lipinski definition) is 7. The van der Waals surface area contributed by atoms with Crippen molar-refractivity contribution >= 4 is 17.5 Å². The number of piperazine rings is 1. The van der Waals surface area contributed by atoms with E-state index in [-0.39, 0.29) is 6.10 Å². The van der Waals surface area contributed by atoms with E-state index < -0.39 is 0 Å². The molecule has 2 aliphatic heterocycles. The van der Waals surface area contributed by atoms with E-state index >= 15 is 0 Å². The first-order valence-corrected chi connectivity index (χ1v) is 11.4. The zero-order valence-corrected chi connectivity index (χ0v) is 18.8. The molecule has 31 heavy (non-hydrogen) atoms. The van der Waals surface area contributed by atoms with Gasteiger partial charge in [-0.05, 0) is 29.7 Å². The molecule has 4 rings (SSSR count). The zero-order chi connectivity index (χ0) is 21.6. The first kappa shape index (κ1) is 21.7. The van der Waals surface area contributed by atoms with E-state index in [1.807, 2.05) is 24.5 Å². The molecule has 2 aliphatic rings. The monoisotopic (exact) mass is 440 g/mol. The molecular weight excluding hydrogens is 412 g/mol. The molecule has 0 spiro atoms. The molecule has 0 unspecified atom stereocenters. The Morgan fingerprint density at radius 2 is 1.77 bits per heavy atom. The van der Waals surface area contributed by atoms with E-state index in [2.05, 4.69) is 39.0 Å². The van der Waals surface area contributed by atoms with Crippen molar-refractivity contribution in [3.8, 4) is 11.9 Å². The van der Waals surface area contributed by atoms with Crippen LogP contribution < -0.4 is 9.64 Å². The summed E-state index contributed by atoms with van der Waals surface area (Å²) in [6.07, 6.45) is 8.98. The Labute approximate surface area is 189 Å². The topological polar surface area (TPSA) is 68.5 Å². The van der Waals surface area contributed by atoms with Gasteiger partial charge in [0, 0.05) is 71.0 Å². The van der Waals surface area contributed by atoms with Gasteiger partial charge in [-0.2, -0.15) is 5.26 Å². The van der Waals surface area contributed by atoms with E-state index in [0.29, 0.717) is 5.02 Å². The average molecular weight is 441 g/mol. The maximum Gasteiger partial charge on any atom is 0.225 e. The van der Waals surface area contributed by atoms with E-state index in [9.17, 15) is 0 Å². The lowest BCUT2D eigenvalue weighted by atomic mass is 10.1. The lowest BCUT2D eigenvalue weighted by molar-refractivity contribution is 0.166. The van der Waals surface area contributed by atoms with Crippen LogP contribution in [0.15, 0.2) is 30.6 Å². The minimum absolute atomic E-state index is 0.147. The third-order valence-corrected chi connectivity index (χ3v) is 6.33. The Morgan fingerprint density at radius 1 is 1.06 bits per heavy atom. The van der Waals surface area contributed by atoms with Gasteiger partial charge in [-0.3, -0.25) is 4.90 Å². The molecule has 7 nitrogen and oxygen atoms in total. The van der Waals surface area contributed by atoms with Crippen molar-refractivity contribution in [2.45, 2.75) is 38.8 Å². The summed E-state index contributed by atoms with van der Waals surface area (Å²) in [5.41, 5.74) is 2.33. The molecule has 8 heteroatoms. The number of halogens is 1. The summed E-state index contributed by atoms with van der Waals surface area (Å²) in [5.74, 6) is 1.55. The lowest BCUT2D eigenvalue weighted by Gasteiger charge is -2.32. The number of aryl methyl sites for hydroxylation is 1. The van der Waals surface area contributed by atoms with Crippen LogP contribution in [0.2, 0.25) is 5.02 Å². The molecule has 0 aliphatic carbocycles. The quantitative estimate of drug-likeness (QED) is 0.638. The predicted molar refractivity (Wildman–Crippen MR) is 121 cm³/mol. The Balaban J connectivity index is 1.27. The molecule has 1 aromatic carbocycles. The summed E-state index contributed by atoms with van der Waals surface area (Å²) in [6.45, 7) is 8.07. The van der Waals surface area contributed by atoms with Crippen molar-refractivity contribution in [3.05, 3.63) is 46.7 Å². The Morgan fingerprint density at radius 3 is 2.39 bits per heavy atom. The first-order valence-electron chi connectivity index (χ1n) is 11.0. The van der Waals surface area contributed by atoms with Gasteiger partial charge < -0.3 is 14.5 Å². The maximum atomic E-state index is 8.98. The van der Waals surface area contributed by atoms with Crippen molar-refractivity contribution in [3.63, 3.8) is 0 Å². The van der Waals surface area contributed by atoms with Crippen LogP contribution in [0.3, 0.4) is 0 Å². The summed E-state index contributed by atoms with van der Waals surface area (Å²) in [6, 6.07) is 6.09. The van der Waals surface area contributed by atoms with E-state index in [1.165, 1.54) is 5.56 Å². The molecule has 164 valence electrons. The fourth-order valence-corrected chi connectivity index (χ4v) is 4.30. The van der Waals surface area contributed by atoms with Gasteiger partial charge in [0.05, 0.1) is 5.02 Å². The highest BCUT2D eigenvalue weighted by atomic mass is 35.5. The minimum Gasteiger partial charge on any atom is -0.489 e. The van der Waals surface area contributed by atoms with Crippen LogP contribution in [0, 0.1) is 11.5 Å². The first-order chi connectivity index (χ1) is 15.1. The highest BCUT2D eigenvalue weighted by molar-refractivity contribution is 6.32. The number of hydrogen-bond donors (Lipinski definition) is 0. The van der Waals surface area contributed by atoms with E-state index in [0.717, 1.165) is 82.3 Å². The van der Waals surface area contributed by atoms with Gasteiger partial charge in [-0.1, -0.05) is 24.6 Å². The van der Waals surface area contributed by atoms with Crippen molar-refractivity contribution < 1.29 is 4.74 Å². The zero-order valence-electron chi connectivity index (χ0n) is 18.0. The fraction of sp³-hybridized carbons (Fsp3) is 0.522. The van der Waals surface area contributed by atoms with Crippen LogP contribution in [-0.4, -0.2) is 65.1 Å². The minimum atomic E-state index is 0.147. The number of aromatic nitrogens is 2. The van der Waals surface area contributed by atoms with Crippen LogP contribution in [0.5, 0.6) is 5.75 Å².